The quantitative estimate of drug-likeness (QED) is 0.695. The van der Waals surface area contributed by atoms with E-state index in [2.05, 4.69) is 0 Å². The van der Waals surface area contributed by atoms with Crippen molar-refractivity contribution in [2.24, 2.45) is 0 Å². The first-order valence-corrected chi connectivity index (χ1v) is 7.27. The molecule has 0 aromatic heterocycles. The lowest BCUT2D eigenvalue weighted by Gasteiger charge is -2.16. The maximum Gasteiger partial charge on any atom is 0.458 e. The summed E-state index contributed by atoms with van der Waals surface area (Å²) in [6.45, 7) is 0. The molecule has 0 aliphatic heterocycles. The number of hydrogen-bond acceptors (Lipinski definition) is 5. The Morgan fingerprint density at radius 2 is 1.29 bits per heavy atom. The van der Waals surface area contributed by atoms with Gasteiger partial charge in [-0.3, -0.25) is 0 Å². The van der Waals surface area contributed by atoms with E-state index in [1.807, 2.05) is 0 Å². The molecule has 0 aromatic carbocycles. The standard InChI is InChI=1S/C3H6F3NO4S3/c1-13(8,9)7(14(2,10)11)12-3(4,5)6/h1-2H3. The maximum absolute atomic E-state index is 11.8. The van der Waals surface area contributed by atoms with Gasteiger partial charge in [0.1, 0.15) is 0 Å². The summed E-state index contributed by atoms with van der Waals surface area (Å²) in [6.07, 6.45) is 0.736. The SMILES string of the molecule is CS(=O)(=O)N(SC(F)(F)F)S(C)(=O)=O. The molecular weight excluding hydrogens is 267 g/mol. The lowest BCUT2D eigenvalue weighted by molar-refractivity contribution is -0.0342. The van der Waals surface area contributed by atoms with E-state index in [0.717, 1.165) is 0 Å². The Morgan fingerprint density at radius 1 is 1.00 bits per heavy atom. The van der Waals surface area contributed by atoms with Crippen LogP contribution in [-0.4, -0.2) is 38.0 Å². The molecule has 0 fully saturated rings. The molecule has 0 atom stereocenters. The van der Waals surface area contributed by atoms with Gasteiger partial charge in [-0.1, -0.05) is 0 Å². The summed E-state index contributed by atoms with van der Waals surface area (Å²) in [6, 6.07) is 0. The van der Waals surface area contributed by atoms with Gasteiger partial charge in [0.15, 0.2) is 0 Å². The van der Waals surface area contributed by atoms with Crippen molar-refractivity contribution < 1.29 is 30.0 Å². The highest BCUT2D eigenvalue weighted by Crippen LogP contribution is 2.36. The van der Waals surface area contributed by atoms with E-state index < -0.39 is 40.6 Å². The van der Waals surface area contributed by atoms with Gasteiger partial charge in [-0.05, 0) is 3.12 Å². The van der Waals surface area contributed by atoms with Gasteiger partial charge in [-0.25, -0.2) is 16.8 Å². The summed E-state index contributed by atoms with van der Waals surface area (Å²) in [7, 11) is -8.93. The number of halogens is 3. The van der Waals surface area contributed by atoms with Crippen LogP contribution in [0.5, 0.6) is 0 Å². The van der Waals surface area contributed by atoms with E-state index in [4.69, 9.17) is 0 Å². The van der Waals surface area contributed by atoms with Gasteiger partial charge in [0.05, 0.1) is 24.5 Å². The lowest BCUT2D eigenvalue weighted by atomic mass is 11.6. The predicted octanol–water partition coefficient (Wildman–Crippen LogP) is 0.376. The van der Waals surface area contributed by atoms with Crippen LogP contribution in [0.25, 0.3) is 0 Å². The molecular formula is C3H6F3NO4S3. The van der Waals surface area contributed by atoms with Crippen LogP contribution in [0, 0.1) is 0 Å². The van der Waals surface area contributed by atoms with E-state index in [9.17, 15) is 30.0 Å². The van der Waals surface area contributed by atoms with Gasteiger partial charge in [-0.2, -0.15) is 13.2 Å². The van der Waals surface area contributed by atoms with Crippen molar-refractivity contribution in [2.75, 3.05) is 12.5 Å². The van der Waals surface area contributed by atoms with E-state index >= 15 is 0 Å². The van der Waals surface area contributed by atoms with Gasteiger partial charge >= 0.3 is 5.51 Å². The third-order valence-electron chi connectivity index (χ3n) is 0.720. The largest absolute Gasteiger partial charge is 0.458 e. The van der Waals surface area contributed by atoms with Gasteiger partial charge < -0.3 is 0 Å². The minimum Gasteiger partial charge on any atom is -0.211 e. The van der Waals surface area contributed by atoms with Gasteiger partial charge in [-0.15, -0.1) is 0 Å². The van der Waals surface area contributed by atoms with E-state index in [1.165, 1.54) is 0 Å². The van der Waals surface area contributed by atoms with Crippen molar-refractivity contribution in [3.8, 4) is 0 Å². The average molecular weight is 273 g/mol. The Kier molecular flexibility index (Phi) is 3.87. The minimum atomic E-state index is -4.98. The van der Waals surface area contributed by atoms with Crippen LogP contribution >= 0.6 is 11.9 Å². The van der Waals surface area contributed by atoms with Crippen LogP contribution in [0.2, 0.25) is 0 Å². The Balaban J connectivity index is 5.19. The van der Waals surface area contributed by atoms with Crippen molar-refractivity contribution in [1.29, 1.82) is 0 Å². The first-order chi connectivity index (χ1) is 5.84. The van der Waals surface area contributed by atoms with Crippen molar-refractivity contribution >= 4 is 32.0 Å². The van der Waals surface area contributed by atoms with Crippen molar-refractivity contribution in [3.63, 3.8) is 0 Å². The fourth-order valence-electron chi connectivity index (χ4n) is 0.466. The lowest BCUT2D eigenvalue weighted by Crippen LogP contribution is -2.32. The number of sulfonamides is 2. The van der Waals surface area contributed by atoms with Gasteiger partial charge in [0.25, 0.3) is 0 Å². The van der Waals surface area contributed by atoms with Gasteiger partial charge in [0.2, 0.25) is 20.0 Å². The molecule has 0 aromatic rings. The normalized spacial score (nSPS) is 14.7. The maximum atomic E-state index is 11.8. The zero-order valence-electron chi connectivity index (χ0n) is 6.94. The van der Waals surface area contributed by atoms with Crippen molar-refractivity contribution in [3.05, 3.63) is 0 Å². The molecule has 14 heavy (non-hydrogen) atoms. The molecule has 0 radical (unpaired) electrons. The van der Waals surface area contributed by atoms with Gasteiger partial charge in [0, 0.05) is 0 Å². The second kappa shape index (κ2) is 3.87. The fraction of sp³-hybridized carbons (Fsp3) is 1.00. The molecule has 0 rings (SSSR count). The highest BCUT2D eigenvalue weighted by molar-refractivity contribution is 8.20. The van der Waals surface area contributed by atoms with E-state index in [1.54, 1.807) is 0 Å². The Morgan fingerprint density at radius 3 is 1.36 bits per heavy atom. The second-order valence-corrected chi connectivity index (χ2v) is 7.59. The Bertz CT molecular complexity index is 363. The number of alkyl halides is 3. The summed E-state index contributed by atoms with van der Waals surface area (Å²) in [5, 5.41) is 0. The summed E-state index contributed by atoms with van der Waals surface area (Å²) in [5.74, 6) is 0. The summed E-state index contributed by atoms with van der Waals surface area (Å²) in [4.78, 5) is 0. The number of rotatable bonds is 3. The van der Waals surface area contributed by atoms with Crippen LogP contribution < -0.4 is 0 Å². The third-order valence-corrected chi connectivity index (χ3v) is 5.86. The topological polar surface area (TPSA) is 71.5 Å². The van der Waals surface area contributed by atoms with Crippen LogP contribution in [0.3, 0.4) is 0 Å². The van der Waals surface area contributed by atoms with Crippen molar-refractivity contribution in [1.82, 2.24) is 3.12 Å². The van der Waals surface area contributed by atoms with E-state index in [0.29, 0.717) is 12.5 Å². The molecule has 0 heterocycles. The molecule has 0 aliphatic rings. The fourth-order valence-corrected chi connectivity index (χ4v) is 4.19. The zero-order chi connectivity index (χ0) is 11.8. The smallest absolute Gasteiger partial charge is 0.211 e. The molecule has 0 bridgehead atoms. The van der Waals surface area contributed by atoms with Crippen LogP contribution in [0.4, 0.5) is 13.2 Å². The van der Waals surface area contributed by atoms with Crippen molar-refractivity contribution in [2.45, 2.75) is 5.51 Å². The molecule has 86 valence electrons. The van der Waals surface area contributed by atoms with Crippen LogP contribution in [-0.2, 0) is 20.0 Å². The predicted molar refractivity (Wildman–Crippen MR) is 45.2 cm³/mol. The number of hydrogen-bond donors (Lipinski definition) is 0. The summed E-state index contributed by atoms with van der Waals surface area (Å²) in [5.41, 5.74) is -4.98. The molecule has 0 saturated carbocycles. The summed E-state index contributed by atoms with van der Waals surface area (Å²) < 4.78 is 77.3. The monoisotopic (exact) mass is 273 g/mol. The minimum absolute atomic E-state index is 0.368. The number of nitrogens with zero attached hydrogens (tertiary/aromatic N) is 1. The zero-order valence-corrected chi connectivity index (χ0v) is 9.39. The van der Waals surface area contributed by atoms with Crippen LogP contribution in [0.1, 0.15) is 0 Å². The molecule has 0 N–H and O–H groups in total. The molecule has 5 nitrogen and oxygen atoms in total. The molecule has 0 aliphatic carbocycles. The summed E-state index contributed by atoms with van der Waals surface area (Å²) >= 11 is -1.23. The first-order valence-electron chi connectivity index (χ1n) is 2.80. The highest BCUT2D eigenvalue weighted by Gasteiger charge is 2.41. The third kappa shape index (κ3) is 5.02. The average Bonchev–Trinajstić information content (AvgIpc) is 1.75. The second-order valence-electron chi connectivity index (χ2n) is 2.23. The first kappa shape index (κ1) is 14.0. The molecule has 0 spiro atoms. The highest BCUT2D eigenvalue weighted by atomic mass is 32.3. The molecule has 0 amide bonds. The molecule has 0 unspecified atom stereocenters. The Labute approximate surface area is 83.5 Å². The molecule has 11 heteroatoms. The van der Waals surface area contributed by atoms with E-state index in [-0.39, 0.29) is 0 Å². The molecule has 0 saturated heterocycles. The van der Waals surface area contributed by atoms with Crippen LogP contribution in [0.15, 0.2) is 0 Å². The Hall–Kier alpha value is -0.000000000000000167.